The average Bonchev–Trinajstić information content (AvgIpc) is 2.55. The SMILES string of the molecule is NC(CSSc1cccc(CS(=O)(=O)Cc2ccccc2)c1)C(=O)O. The quantitative estimate of drug-likeness (QED) is 0.628. The molecular formula is C17H19NO4S3. The van der Waals surface area contributed by atoms with Gasteiger partial charge in [-0.25, -0.2) is 8.42 Å². The highest BCUT2D eigenvalue weighted by Crippen LogP contribution is 2.32. The van der Waals surface area contributed by atoms with Gasteiger partial charge in [0.1, 0.15) is 6.04 Å². The summed E-state index contributed by atoms with van der Waals surface area (Å²) in [5.41, 5.74) is 6.94. The number of rotatable bonds is 9. The molecule has 134 valence electrons. The van der Waals surface area contributed by atoms with E-state index in [2.05, 4.69) is 0 Å². The molecule has 0 fully saturated rings. The minimum absolute atomic E-state index is 0.00737. The zero-order valence-corrected chi connectivity index (χ0v) is 15.8. The third-order valence-corrected chi connectivity index (χ3v) is 7.18. The van der Waals surface area contributed by atoms with Gasteiger partial charge in [0.05, 0.1) is 11.5 Å². The molecule has 1 unspecified atom stereocenters. The normalized spacial score (nSPS) is 12.7. The number of hydrogen-bond donors (Lipinski definition) is 2. The second-order valence-electron chi connectivity index (χ2n) is 5.48. The number of hydrogen-bond acceptors (Lipinski definition) is 6. The summed E-state index contributed by atoms with van der Waals surface area (Å²) < 4.78 is 24.7. The molecule has 8 heteroatoms. The van der Waals surface area contributed by atoms with Crippen LogP contribution in [0.5, 0.6) is 0 Å². The smallest absolute Gasteiger partial charge is 0.321 e. The van der Waals surface area contributed by atoms with E-state index in [0.717, 1.165) is 10.5 Å². The Kier molecular flexibility index (Phi) is 7.37. The first-order chi connectivity index (χ1) is 11.9. The lowest BCUT2D eigenvalue weighted by molar-refractivity contribution is -0.137. The van der Waals surface area contributed by atoms with Crippen LogP contribution in [-0.2, 0) is 26.1 Å². The van der Waals surface area contributed by atoms with Gasteiger partial charge in [0, 0.05) is 10.6 Å². The van der Waals surface area contributed by atoms with Gasteiger partial charge >= 0.3 is 5.97 Å². The van der Waals surface area contributed by atoms with Crippen LogP contribution in [0.25, 0.3) is 0 Å². The van der Waals surface area contributed by atoms with Crippen molar-refractivity contribution in [2.75, 3.05) is 5.75 Å². The summed E-state index contributed by atoms with van der Waals surface area (Å²) in [6.45, 7) is 0. The van der Waals surface area contributed by atoms with E-state index >= 15 is 0 Å². The Morgan fingerprint density at radius 1 is 1.04 bits per heavy atom. The lowest BCUT2D eigenvalue weighted by Crippen LogP contribution is -2.32. The standard InChI is InChI=1S/C17H19NO4S3/c18-16(17(19)20)10-23-24-15-8-4-7-14(9-15)12-25(21,22)11-13-5-2-1-3-6-13/h1-9,16H,10-12,18H2,(H,19,20). The maximum Gasteiger partial charge on any atom is 0.321 e. The summed E-state index contributed by atoms with van der Waals surface area (Å²) in [5.74, 6) is -0.784. The Hall–Kier alpha value is -1.48. The van der Waals surface area contributed by atoms with Gasteiger partial charge < -0.3 is 10.8 Å². The summed E-state index contributed by atoms with van der Waals surface area (Å²) in [4.78, 5) is 11.6. The molecule has 3 N–H and O–H groups in total. The third kappa shape index (κ3) is 7.11. The number of aliphatic carboxylic acids is 1. The van der Waals surface area contributed by atoms with Gasteiger partial charge in [-0.2, -0.15) is 0 Å². The molecule has 0 aliphatic rings. The summed E-state index contributed by atoms with van der Waals surface area (Å²) >= 11 is 0. The number of carboxylic acid groups (broad SMARTS) is 1. The largest absolute Gasteiger partial charge is 0.480 e. The van der Waals surface area contributed by atoms with Gasteiger partial charge in [-0.05, 0) is 23.3 Å². The molecule has 0 saturated heterocycles. The third-order valence-electron chi connectivity index (χ3n) is 3.23. The molecule has 1 atom stereocenters. The summed E-state index contributed by atoms with van der Waals surface area (Å²) in [6, 6.07) is 15.4. The van der Waals surface area contributed by atoms with Gasteiger partial charge in [-0.15, -0.1) is 0 Å². The molecule has 0 radical (unpaired) electrons. The van der Waals surface area contributed by atoms with Crippen LogP contribution in [0.4, 0.5) is 0 Å². The van der Waals surface area contributed by atoms with Gasteiger partial charge in [0.2, 0.25) is 0 Å². The molecule has 0 aliphatic carbocycles. The molecule has 2 aromatic carbocycles. The predicted octanol–water partition coefficient (Wildman–Crippen LogP) is 2.95. The van der Waals surface area contributed by atoms with Crippen molar-refractivity contribution in [3.8, 4) is 0 Å². The Morgan fingerprint density at radius 3 is 2.36 bits per heavy atom. The van der Waals surface area contributed by atoms with E-state index in [1.165, 1.54) is 21.6 Å². The summed E-state index contributed by atoms with van der Waals surface area (Å²) in [6.07, 6.45) is 0. The van der Waals surface area contributed by atoms with Crippen molar-refractivity contribution in [2.24, 2.45) is 5.73 Å². The number of carboxylic acids is 1. The maximum atomic E-state index is 12.4. The van der Waals surface area contributed by atoms with Crippen molar-refractivity contribution in [3.63, 3.8) is 0 Å². The van der Waals surface area contributed by atoms with Crippen molar-refractivity contribution in [2.45, 2.75) is 22.4 Å². The summed E-state index contributed by atoms with van der Waals surface area (Å²) in [7, 11) is -0.541. The van der Waals surface area contributed by atoms with Crippen molar-refractivity contribution in [3.05, 3.63) is 65.7 Å². The predicted molar refractivity (Wildman–Crippen MR) is 103 cm³/mol. The van der Waals surface area contributed by atoms with Gasteiger partial charge in [-0.1, -0.05) is 64.1 Å². The molecule has 0 aromatic heterocycles. The van der Waals surface area contributed by atoms with Crippen LogP contribution >= 0.6 is 21.6 Å². The minimum atomic E-state index is -3.26. The van der Waals surface area contributed by atoms with E-state index < -0.39 is 21.8 Å². The Balaban J connectivity index is 1.95. The van der Waals surface area contributed by atoms with Crippen LogP contribution in [-0.4, -0.2) is 31.3 Å². The molecule has 25 heavy (non-hydrogen) atoms. The van der Waals surface area contributed by atoms with Crippen LogP contribution in [0, 0.1) is 0 Å². The van der Waals surface area contributed by atoms with Gasteiger partial charge in [0.15, 0.2) is 9.84 Å². The van der Waals surface area contributed by atoms with Crippen LogP contribution in [0.2, 0.25) is 0 Å². The highest BCUT2D eigenvalue weighted by molar-refractivity contribution is 8.76. The Bertz CT molecular complexity index is 810. The first-order valence-corrected chi connectivity index (χ1v) is 11.6. The Morgan fingerprint density at radius 2 is 1.68 bits per heavy atom. The molecule has 2 rings (SSSR count). The molecule has 0 bridgehead atoms. The monoisotopic (exact) mass is 397 g/mol. The van der Waals surface area contributed by atoms with Gasteiger partial charge in [0.25, 0.3) is 0 Å². The number of nitrogens with two attached hydrogens (primary N) is 1. The van der Waals surface area contributed by atoms with Crippen molar-refractivity contribution in [1.82, 2.24) is 0 Å². The molecule has 2 aromatic rings. The number of sulfone groups is 1. The fraction of sp³-hybridized carbons (Fsp3) is 0.235. The van der Waals surface area contributed by atoms with Crippen LogP contribution in [0.1, 0.15) is 11.1 Å². The molecule has 0 amide bonds. The molecule has 0 saturated carbocycles. The number of benzene rings is 2. The highest BCUT2D eigenvalue weighted by atomic mass is 33.1. The van der Waals surface area contributed by atoms with Crippen molar-refractivity contribution < 1.29 is 18.3 Å². The average molecular weight is 398 g/mol. The van der Waals surface area contributed by atoms with Crippen molar-refractivity contribution in [1.29, 1.82) is 0 Å². The molecular weight excluding hydrogens is 378 g/mol. The van der Waals surface area contributed by atoms with Crippen LogP contribution in [0.3, 0.4) is 0 Å². The van der Waals surface area contributed by atoms with Gasteiger partial charge in [-0.3, -0.25) is 4.79 Å². The fourth-order valence-corrected chi connectivity index (χ4v) is 5.75. The first-order valence-electron chi connectivity index (χ1n) is 7.47. The second-order valence-corrected chi connectivity index (χ2v) is 9.96. The molecule has 0 heterocycles. The zero-order valence-electron chi connectivity index (χ0n) is 13.4. The molecule has 0 aliphatic heterocycles. The highest BCUT2D eigenvalue weighted by Gasteiger charge is 2.14. The van der Waals surface area contributed by atoms with E-state index in [-0.39, 0.29) is 17.3 Å². The van der Waals surface area contributed by atoms with E-state index in [0.29, 0.717) is 5.56 Å². The lowest BCUT2D eigenvalue weighted by Gasteiger charge is -2.08. The van der Waals surface area contributed by atoms with E-state index in [1.807, 2.05) is 30.3 Å². The second kappa shape index (κ2) is 9.28. The van der Waals surface area contributed by atoms with E-state index in [4.69, 9.17) is 10.8 Å². The van der Waals surface area contributed by atoms with E-state index in [9.17, 15) is 13.2 Å². The molecule has 5 nitrogen and oxygen atoms in total. The first kappa shape index (κ1) is 19.8. The molecule has 0 spiro atoms. The van der Waals surface area contributed by atoms with Crippen LogP contribution < -0.4 is 5.73 Å². The van der Waals surface area contributed by atoms with Crippen LogP contribution in [0.15, 0.2) is 59.5 Å². The Labute approximate surface area is 155 Å². The maximum absolute atomic E-state index is 12.4. The zero-order chi connectivity index (χ0) is 18.3. The topological polar surface area (TPSA) is 97.5 Å². The van der Waals surface area contributed by atoms with E-state index in [1.54, 1.807) is 24.3 Å². The number of carbonyl (C=O) groups is 1. The van der Waals surface area contributed by atoms with Crippen molar-refractivity contribution >= 4 is 37.4 Å². The fourth-order valence-electron chi connectivity index (χ4n) is 2.07. The minimum Gasteiger partial charge on any atom is -0.480 e. The lowest BCUT2D eigenvalue weighted by atomic mass is 10.2. The summed E-state index contributed by atoms with van der Waals surface area (Å²) in [5, 5.41) is 8.76.